The van der Waals surface area contributed by atoms with Crippen molar-refractivity contribution in [2.75, 3.05) is 17.2 Å². The summed E-state index contributed by atoms with van der Waals surface area (Å²) in [6.07, 6.45) is 5.42. The van der Waals surface area contributed by atoms with E-state index in [0.717, 1.165) is 36.1 Å². The fourth-order valence-corrected chi connectivity index (χ4v) is 2.02. The van der Waals surface area contributed by atoms with E-state index in [-0.39, 0.29) is 0 Å². The lowest BCUT2D eigenvalue weighted by molar-refractivity contribution is 0.742. The van der Waals surface area contributed by atoms with Gasteiger partial charge in [-0.1, -0.05) is 25.8 Å². The molecule has 0 aliphatic rings. The molecule has 2 heterocycles. The van der Waals surface area contributed by atoms with E-state index < -0.39 is 0 Å². The van der Waals surface area contributed by atoms with Gasteiger partial charge in [0.2, 0.25) is 0 Å². The third kappa shape index (κ3) is 5.38. The number of unbranched alkanes of at least 4 members (excludes halogenated alkanes) is 2. The minimum absolute atomic E-state index is 0.659. The van der Waals surface area contributed by atoms with E-state index in [2.05, 4.69) is 32.5 Å². The van der Waals surface area contributed by atoms with Crippen LogP contribution in [-0.4, -0.2) is 21.5 Å². The molecule has 0 saturated heterocycles. The van der Waals surface area contributed by atoms with Crippen LogP contribution in [-0.2, 0) is 6.54 Å². The maximum atomic E-state index is 4.41. The number of nitrogens with one attached hydrogen (secondary N) is 2. The molecule has 0 fully saturated rings. The molecule has 0 saturated carbocycles. The third-order valence-electron chi connectivity index (χ3n) is 3.10. The molecule has 2 rings (SSSR count). The summed E-state index contributed by atoms with van der Waals surface area (Å²) in [5, 5.41) is 6.64. The number of nitrogens with zero attached hydrogens (tertiary/aromatic N) is 3. The van der Waals surface area contributed by atoms with Crippen LogP contribution in [0.15, 0.2) is 30.5 Å². The average Bonchev–Trinajstić information content (AvgIpc) is 2.50. The Kier molecular flexibility index (Phi) is 5.94. The van der Waals surface area contributed by atoms with Gasteiger partial charge in [0.05, 0.1) is 12.2 Å². The van der Waals surface area contributed by atoms with Crippen LogP contribution < -0.4 is 10.6 Å². The molecule has 2 aromatic heterocycles. The normalized spacial score (nSPS) is 10.4. The van der Waals surface area contributed by atoms with Crippen molar-refractivity contribution in [1.29, 1.82) is 0 Å². The molecule has 112 valence electrons. The molecule has 5 heteroatoms. The highest BCUT2D eigenvalue weighted by atomic mass is 15.1. The maximum Gasteiger partial charge on any atom is 0.132 e. The smallest absolute Gasteiger partial charge is 0.132 e. The van der Waals surface area contributed by atoms with Gasteiger partial charge < -0.3 is 10.6 Å². The molecular weight excluding hydrogens is 262 g/mol. The van der Waals surface area contributed by atoms with Crippen LogP contribution >= 0.6 is 0 Å². The van der Waals surface area contributed by atoms with Gasteiger partial charge in [-0.05, 0) is 25.5 Å². The minimum Gasteiger partial charge on any atom is -0.370 e. The molecule has 0 atom stereocenters. The molecular formula is C16H23N5. The predicted molar refractivity (Wildman–Crippen MR) is 86.3 cm³/mol. The predicted octanol–water partition coefficient (Wildman–Crippen LogP) is 3.39. The van der Waals surface area contributed by atoms with Gasteiger partial charge in [-0.2, -0.15) is 0 Å². The molecule has 0 bridgehead atoms. The minimum atomic E-state index is 0.659. The summed E-state index contributed by atoms with van der Waals surface area (Å²) in [6, 6.07) is 7.83. The van der Waals surface area contributed by atoms with E-state index >= 15 is 0 Å². The largest absolute Gasteiger partial charge is 0.370 e. The van der Waals surface area contributed by atoms with E-state index in [1.54, 1.807) is 6.20 Å². The molecule has 0 unspecified atom stereocenters. The SMILES string of the molecule is CCCCCNc1cc(NCc2ccccn2)nc(C)n1. The summed E-state index contributed by atoms with van der Waals surface area (Å²) >= 11 is 0. The summed E-state index contributed by atoms with van der Waals surface area (Å²) in [7, 11) is 0. The first kappa shape index (κ1) is 15.2. The van der Waals surface area contributed by atoms with Crippen LogP contribution in [0.4, 0.5) is 11.6 Å². The second-order valence-electron chi connectivity index (χ2n) is 4.99. The average molecular weight is 285 g/mol. The molecule has 0 radical (unpaired) electrons. The van der Waals surface area contributed by atoms with E-state index in [1.165, 1.54) is 12.8 Å². The number of pyridine rings is 1. The standard InChI is InChI=1S/C16H23N5/c1-3-4-6-10-18-15-11-16(21-13(2)20-15)19-12-14-8-5-7-9-17-14/h5,7-9,11H,3-4,6,10,12H2,1-2H3,(H2,18,19,20,21). The fraction of sp³-hybridized carbons (Fsp3) is 0.438. The number of anilines is 2. The Hall–Kier alpha value is -2.17. The Labute approximate surface area is 126 Å². The van der Waals surface area contributed by atoms with Crippen LogP contribution in [0, 0.1) is 6.92 Å². The lowest BCUT2D eigenvalue weighted by atomic mass is 10.2. The fourth-order valence-electron chi connectivity index (χ4n) is 2.02. The number of hydrogen-bond donors (Lipinski definition) is 2. The van der Waals surface area contributed by atoms with Gasteiger partial charge in [-0.15, -0.1) is 0 Å². The summed E-state index contributed by atoms with van der Waals surface area (Å²) in [6.45, 7) is 5.72. The number of aryl methyl sites for hydroxylation is 1. The summed E-state index contributed by atoms with van der Waals surface area (Å²) in [5.74, 6) is 2.47. The number of hydrogen-bond acceptors (Lipinski definition) is 5. The molecule has 0 aliphatic heterocycles. The highest BCUT2D eigenvalue weighted by Crippen LogP contribution is 2.12. The van der Waals surface area contributed by atoms with E-state index in [0.29, 0.717) is 6.54 Å². The van der Waals surface area contributed by atoms with Gasteiger partial charge in [-0.3, -0.25) is 4.98 Å². The quantitative estimate of drug-likeness (QED) is 0.728. The highest BCUT2D eigenvalue weighted by Gasteiger charge is 2.02. The van der Waals surface area contributed by atoms with Crippen molar-refractivity contribution in [3.63, 3.8) is 0 Å². The first-order chi connectivity index (χ1) is 10.3. The van der Waals surface area contributed by atoms with Crippen LogP contribution in [0.1, 0.15) is 37.7 Å². The Morgan fingerprint density at radius 3 is 2.57 bits per heavy atom. The van der Waals surface area contributed by atoms with Crippen molar-refractivity contribution in [1.82, 2.24) is 15.0 Å². The number of rotatable bonds is 8. The zero-order chi connectivity index (χ0) is 14.9. The van der Waals surface area contributed by atoms with E-state index in [1.807, 2.05) is 31.2 Å². The van der Waals surface area contributed by atoms with Gasteiger partial charge in [0.1, 0.15) is 17.5 Å². The Morgan fingerprint density at radius 2 is 1.86 bits per heavy atom. The molecule has 0 spiro atoms. The van der Waals surface area contributed by atoms with E-state index in [9.17, 15) is 0 Å². The van der Waals surface area contributed by atoms with Crippen molar-refractivity contribution >= 4 is 11.6 Å². The Balaban J connectivity index is 1.91. The molecule has 0 aromatic carbocycles. The molecule has 2 aromatic rings. The molecule has 2 N–H and O–H groups in total. The highest BCUT2D eigenvalue weighted by molar-refractivity contribution is 5.47. The molecule has 0 amide bonds. The second kappa shape index (κ2) is 8.19. The van der Waals surface area contributed by atoms with Crippen LogP contribution in [0.3, 0.4) is 0 Å². The van der Waals surface area contributed by atoms with Gasteiger partial charge >= 0.3 is 0 Å². The van der Waals surface area contributed by atoms with Crippen molar-refractivity contribution in [2.24, 2.45) is 0 Å². The second-order valence-corrected chi connectivity index (χ2v) is 4.99. The van der Waals surface area contributed by atoms with Crippen LogP contribution in [0.2, 0.25) is 0 Å². The third-order valence-corrected chi connectivity index (χ3v) is 3.10. The lowest BCUT2D eigenvalue weighted by Crippen LogP contribution is -2.08. The van der Waals surface area contributed by atoms with Crippen molar-refractivity contribution < 1.29 is 0 Å². The Bertz CT molecular complexity index is 542. The van der Waals surface area contributed by atoms with Gasteiger partial charge in [-0.25, -0.2) is 9.97 Å². The zero-order valence-electron chi connectivity index (χ0n) is 12.8. The zero-order valence-corrected chi connectivity index (χ0v) is 12.8. The topological polar surface area (TPSA) is 62.7 Å². The Morgan fingerprint density at radius 1 is 1.05 bits per heavy atom. The summed E-state index contributed by atoms with van der Waals surface area (Å²) in [5.41, 5.74) is 0.992. The van der Waals surface area contributed by atoms with Crippen molar-refractivity contribution in [3.05, 3.63) is 42.0 Å². The molecule has 0 aliphatic carbocycles. The van der Waals surface area contributed by atoms with Gasteiger partial charge in [0.15, 0.2) is 0 Å². The molecule has 5 nitrogen and oxygen atoms in total. The van der Waals surface area contributed by atoms with Crippen molar-refractivity contribution in [2.45, 2.75) is 39.7 Å². The first-order valence-corrected chi connectivity index (χ1v) is 7.51. The summed E-state index contributed by atoms with van der Waals surface area (Å²) < 4.78 is 0. The van der Waals surface area contributed by atoms with Gasteiger partial charge in [0.25, 0.3) is 0 Å². The van der Waals surface area contributed by atoms with E-state index in [4.69, 9.17) is 0 Å². The number of aromatic nitrogens is 3. The monoisotopic (exact) mass is 285 g/mol. The van der Waals surface area contributed by atoms with Crippen molar-refractivity contribution in [3.8, 4) is 0 Å². The summed E-state index contributed by atoms with van der Waals surface area (Å²) in [4.78, 5) is 13.1. The van der Waals surface area contributed by atoms with Crippen LogP contribution in [0.5, 0.6) is 0 Å². The molecule has 21 heavy (non-hydrogen) atoms. The first-order valence-electron chi connectivity index (χ1n) is 7.51. The van der Waals surface area contributed by atoms with Crippen LogP contribution in [0.25, 0.3) is 0 Å². The van der Waals surface area contributed by atoms with Gasteiger partial charge in [0, 0.05) is 18.8 Å². The maximum absolute atomic E-state index is 4.41. The lowest BCUT2D eigenvalue weighted by Gasteiger charge is -2.10.